The zero-order valence-corrected chi connectivity index (χ0v) is 13.1. The van der Waals surface area contributed by atoms with E-state index in [2.05, 4.69) is 5.32 Å². The van der Waals surface area contributed by atoms with E-state index in [0.717, 1.165) is 37.8 Å². The van der Waals surface area contributed by atoms with Crippen molar-refractivity contribution in [1.29, 1.82) is 0 Å². The second kappa shape index (κ2) is 6.71. The Kier molecular flexibility index (Phi) is 4.66. The number of hydrogen-bond donors (Lipinski definition) is 3. The quantitative estimate of drug-likeness (QED) is 0.794. The fraction of sp³-hybridized carbons (Fsp3) is 0.556. The molecule has 0 bridgehead atoms. The van der Waals surface area contributed by atoms with Crippen LogP contribution in [0.2, 0.25) is 0 Å². The van der Waals surface area contributed by atoms with Crippen molar-refractivity contribution in [3.05, 3.63) is 35.4 Å². The van der Waals surface area contributed by atoms with Crippen LogP contribution in [0.4, 0.5) is 0 Å². The van der Waals surface area contributed by atoms with Crippen molar-refractivity contribution in [2.75, 3.05) is 6.54 Å². The molecule has 1 saturated heterocycles. The van der Waals surface area contributed by atoms with E-state index < -0.39 is 18.0 Å². The Bertz CT molecular complexity index is 600. The number of benzene rings is 1. The summed E-state index contributed by atoms with van der Waals surface area (Å²) in [7, 11) is 0. The molecule has 0 radical (unpaired) electrons. The molecule has 1 saturated carbocycles. The Hall–Kier alpha value is -1.88. The molecule has 1 aliphatic heterocycles. The van der Waals surface area contributed by atoms with Crippen molar-refractivity contribution in [2.45, 2.75) is 38.1 Å². The average Bonchev–Trinajstić information content (AvgIpc) is 2.54. The first-order valence-corrected chi connectivity index (χ1v) is 8.32. The molecule has 4 atom stereocenters. The van der Waals surface area contributed by atoms with E-state index >= 15 is 0 Å². The third kappa shape index (κ3) is 3.55. The number of rotatable bonds is 4. The highest BCUT2D eigenvalue weighted by atomic mass is 16.4. The second-order valence-corrected chi connectivity index (χ2v) is 6.90. The summed E-state index contributed by atoms with van der Waals surface area (Å²) in [5.41, 5.74) is 1.29. The fourth-order valence-electron chi connectivity index (χ4n) is 4.25. The Balaban J connectivity index is 1.67. The Labute approximate surface area is 135 Å². The van der Waals surface area contributed by atoms with Gasteiger partial charge in [0.25, 0.3) is 0 Å². The van der Waals surface area contributed by atoms with Crippen molar-refractivity contribution >= 4 is 11.9 Å². The summed E-state index contributed by atoms with van der Waals surface area (Å²) < 4.78 is 0. The first kappa shape index (κ1) is 16.0. The predicted molar refractivity (Wildman–Crippen MR) is 85.5 cm³/mol. The number of carboxylic acids is 2. The highest BCUT2D eigenvalue weighted by Crippen LogP contribution is 2.40. The van der Waals surface area contributed by atoms with Crippen molar-refractivity contribution in [3.63, 3.8) is 0 Å². The molecule has 0 amide bonds. The van der Waals surface area contributed by atoms with Crippen LogP contribution in [0.1, 0.15) is 41.6 Å². The second-order valence-electron chi connectivity index (χ2n) is 6.90. The topological polar surface area (TPSA) is 86.6 Å². The third-order valence-electron chi connectivity index (χ3n) is 5.47. The number of carboxylic acid groups (broad SMARTS) is 2. The van der Waals surface area contributed by atoms with Gasteiger partial charge in [-0.25, -0.2) is 4.79 Å². The van der Waals surface area contributed by atoms with Crippen molar-refractivity contribution < 1.29 is 19.8 Å². The highest BCUT2D eigenvalue weighted by Gasteiger charge is 2.37. The normalized spacial score (nSPS) is 30.4. The summed E-state index contributed by atoms with van der Waals surface area (Å²) in [6.07, 6.45) is 4.66. The molecule has 1 aromatic carbocycles. The fourth-order valence-corrected chi connectivity index (χ4v) is 4.25. The molecule has 3 rings (SSSR count). The molecule has 124 valence electrons. The lowest BCUT2D eigenvalue weighted by atomic mass is 9.68. The summed E-state index contributed by atoms with van der Waals surface area (Å²) in [4.78, 5) is 22.5. The van der Waals surface area contributed by atoms with Gasteiger partial charge in [0.05, 0.1) is 5.56 Å². The Morgan fingerprint density at radius 3 is 2.61 bits per heavy atom. The number of fused-ring (bicyclic) bond motifs is 1. The molecule has 0 unspecified atom stereocenters. The first-order chi connectivity index (χ1) is 11.0. The van der Waals surface area contributed by atoms with Crippen LogP contribution < -0.4 is 5.32 Å². The minimum Gasteiger partial charge on any atom is -0.480 e. The molecular formula is C18H23NO4. The molecule has 3 N–H and O–H groups in total. The monoisotopic (exact) mass is 317 g/mol. The van der Waals surface area contributed by atoms with E-state index in [4.69, 9.17) is 0 Å². The lowest BCUT2D eigenvalue weighted by Gasteiger charge is -2.41. The molecule has 2 aliphatic rings. The molecule has 5 heteroatoms. The van der Waals surface area contributed by atoms with Crippen molar-refractivity contribution in [1.82, 2.24) is 5.32 Å². The van der Waals surface area contributed by atoms with Crippen LogP contribution in [-0.4, -0.2) is 34.7 Å². The maximum absolute atomic E-state index is 11.3. The van der Waals surface area contributed by atoms with Crippen molar-refractivity contribution in [3.8, 4) is 0 Å². The summed E-state index contributed by atoms with van der Waals surface area (Å²) in [5.74, 6) is -0.183. The number of piperidine rings is 1. The third-order valence-corrected chi connectivity index (χ3v) is 5.47. The SMILES string of the molecule is O=C(O)c1ccccc1C[C@H]1CC[C@H]2CN[C@H](C(=O)O)C[C@H]2C1. The summed E-state index contributed by atoms with van der Waals surface area (Å²) in [6, 6.07) is 6.78. The van der Waals surface area contributed by atoms with Gasteiger partial charge in [-0.3, -0.25) is 4.79 Å². The predicted octanol–water partition coefficient (Wildman–Crippen LogP) is 2.41. The van der Waals surface area contributed by atoms with Gasteiger partial charge in [0.2, 0.25) is 0 Å². The summed E-state index contributed by atoms with van der Waals surface area (Å²) in [5, 5.41) is 21.6. The Morgan fingerprint density at radius 2 is 1.87 bits per heavy atom. The number of carbonyl (C=O) groups is 2. The smallest absolute Gasteiger partial charge is 0.335 e. The number of hydrogen-bond acceptors (Lipinski definition) is 3. The van der Waals surface area contributed by atoms with Gasteiger partial charge >= 0.3 is 11.9 Å². The van der Waals surface area contributed by atoms with Gasteiger partial charge in [0, 0.05) is 0 Å². The number of aliphatic carboxylic acids is 1. The maximum Gasteiger partial charge on any atom is 0.335 e. The molecule has 1 aromatic rings. The molecule has 1 aliphatic carbocycles. The lowest BCUT2D eigenvalue weighted by Crippen LogP contribution is -2.49. The summed E-state index contributed by atoms with van der Waals surface area (Å²) in [6.45, 7) is 0.792. The molecule has 2 fully saturated rings. The van der Waals surface area contributed by atoms with Gasteiger partial charge in [0.15, 0.2) is 0 Å². The Morgan fingerprint density at radius 1 is 1.09 bits per heavy atom. The van der Waals surface area contributed by atoms with E-state index in [1.165, 1.54) is 0 Å². The largest absolute Gasteiger partial charge is 0.480 e. The first-order valence-electron chi connectivity index (χ1n) is 8.32. The van der Waals surface area contributed by atoms with Crippen LogP contribution in [0.5, 0.6) is 0 Å². The van der Waals surface area contributed by atoms with E-state index in [-0.39, 0.29) is 0 Å². The molecule has 0 aromatic heterocycles. The van der Waals surface area contributed by atoms with Gasteiger partial charge in [-0.15, -0.1) is 0 Å². The van der Waals surface area contributed by atoms with E-state index in [9.17, 15) is 19.8 Å². The van der Waals surface area contributed by atoms with Crippen LogP contribution in [0.15, 0.2) is 24.3 Å². The zero-order valence-electron chi connectivity index (χ0n) is 13.1. The van der Waals surface area contributed by atoms with Crippen LogP contribution in [0.3, 0.4) is 0 Å². The van der Waals surface area contributed by atoms with Crippen LogP contribution in [0, 0.1) is 17.8 Å². The molecule has 1 heterocycles. The number of nitrogens with one attached hydrogen (secondary N) is 1. The van der Waals surface area contributed by atoms with Crippen LogP contribution >= 0.6 is 0 Å². The van der Waals surface area contributed by atoms with Crippen molar-refractivity contribution in [2.24, 2.45) is 17.8 Å². The molecule has 0 spiro atoms. The van der Waals surface area contributed by atoms with E-state index in [1.54, 1.807) is 12.1 Å². The standard InChI is InChI=1S/C18H23NO4/c20-17(21)15-4-2-1-3-12(15)7-11-5-6-13-10-19-16(18(22)23)9-14(13)8-11/h1-4,11,13-14,16,19H,5-10H2,(H,20,21)(H,22,23)/t11-,13+,14-,16+/m1/s1. The molecule has 5 nitrogen and oxygen atoms in total. The van der Waals surface area contributed by atoms with Gasteiger partial charge < -0.3 is 15.5 Å². The minimum atomic E-state index is -0.873. The minimum absolute atomic E-state index is 0.392. The van der Waals surface area contributed by atoms with E-state index in [0.29, 0.717) is 29.7 Å². The molecule has 23 heavy (non-hydrogen) atoms. The molecular weight excluding hydrogens is 294 g/mol. The van der Waals surface area contributed by atoms with Gasteiger partial charge in [0.1, 0.15) is 6.04 Å². The highest BCUT2D eigenvalue weighted by molar-refractivity contribution is 5.89. The van der Waals surface area contributed by atoms with Gasteiger partial charge in [-0.05, 0) is 68.0 Å². The van der Waals surface area contributed by atoms with E-state index in [1.807, 2.05) is 12.1 Å². The zero-order chi connectivity index (χ0) is 16.4. The average molecular weight is 317 g/mol. The number of aromatic carboxylic acids is 1. The lowest BCUT2D eigenvalue weighted by molar-refractivity contribution is -0.141. The summed E-state index contributed by atoms with van der Waals surface area (Å²) >= 11 is 0. The van der Waals surface area contributed by atoms with Gasteiger partial charge in [-0.1, -0.05) is 18.2 Å². The van der Waals surface area contributed by atoms with Gasteiger partial charge in [-0.2, -0.15) is 0 Å². The maximum atomic E-state index is 11.3. The van der Waals surface area contributed by atoms with Crippen LogP contribution in [0.25, 0.3) is 0 Å². The van der Waals surface area contributed by atoms with Crippen LogP contribution in [-0.2, 0) is 11.2 Å².